The smallest absolute Gasteiger partial charge is 0.355 e. The maximum Gasteiger partial charge on any atom is 0.355 e. The number of nitro groups is 1. The van der Waals surface area contributed by atoms with Crippen molar-refractivity contribution in [2.24, 2.45) is 10.9 Å². The summed E-state index contributed by atoms with van der Waals surface area (Å²) < 4.78 is 9.92. The largest absolute Gasteiger partial charge is 0.494 e. The van der Waals surface area contributed by atoms with Crippen LogP contribution in [0.2, 0.25) is 0 Å². The molecule has 1 aromatic heterocycles. The lowest BCUT2D eigenvalue weighted by molar-refractivity contribution is -0.384. The monoisotopic (exact) mass is 496 g/mol. The van der Waals surface area contributed by atoms with E-state index in [4.69, 9.17) is 10.6 Å². The van der Waals surface area contributed by atoms with E-state index in [1.807, 2.05) is 0 Å². The average Bonchev–Trinajstić information content (AvgIpc) is 2.87. The number of amides is 1. The van der Waals surface area contributed by atoms with Gasteiger partial charge in [0.1, 0.15) is 17.4 Å². The molecule has 1 atom stereocenters. The summed E-state index contributed by atoms with van der Waals surface area (Å²) in [6.07, 6.45) is 0. The number of rotatable bonds is 9. The number of H-pyrrole nitrogens is 1. The van der Waals surface area contributed by atoms with E-state index in [0.717, 1.165) is 19.2 Å². The number of benzene rings is 2. The van der Waals surface area contributed by atoms with Gasteiger partial charge in [0.05, 0.1) is 29.7 Å². The maximum atomic E-state index is 13.2. The van der Waals surface area contributed by atoms with Crippen LogP contribution in [0.1, 0.15) is 18.5 Å². The minimum absolute atomic E-state index is 0.00714. The summed E-state index contributed by atoms with van der Waals surface area (Å²) in [6.45, 7) is 2.23. The Labute approximate surface area is 202 Å². The molecule has 0 spiro atoms. The predicted octanol–water partition coefficient (Wildman–Crippen LogP) is 1.01. The number of nitrogens with two attached hydrogens (primary N) is 1. The van der Waals surface area contributed by atoms with Crippen LogP contribution in [-0.4, -0.2) is 52.0 Å². The molecular weight excluding hydrogens is 476 g/mol. The number of aromatic nitrogens is 2. The number of aromatic amines is 1. The number of ether oxygens (including phenoxy) is 2. The normalized spacial score (nSPS) is 12.0. The van der Waals surface area contributed by atoms with E-state index >= 15 is 0 Å². The fraction of sp³-hybridized carbons (Fsp3) is 0.182. The second-order valence-electron chi connectivity index (χ2n) is 7.12. The van der Waals surface area contributed by atoms with Crippen LogP contribution in [-0.2, 0) is 19.1 Å². The lowest BCUT2D eigenvalue weighted by Gasteiger charge is -2.15. The molecule has 4 N–H and O–H groups in total. The standard InChI is InChI=1S/C22H20N6O8/c1-3-36-13-7-4-11(5-8-13)24-21(31)19(29)16(18(27-23)22(32)35-2)17-20(30)26-15-10-12(28(33)34)6-9-14(15)25-17/h4-10,16H,3,23H2,1-2H3,(H,24,31)(H,26,30)/b27-18-/t16-/m0/s1. The lowest BCUT2D eigenvalue weighted by atomic mass is 9.93. The Bertz CT molecular complexity index is 1430. The molecule has 0 bridgehead atoms. The van der Waals surface area contributed by atoms with Gasteiger partial charge >= 0.3 is 5.97 Å². The van der Waals surface area contributed by atoms with Crippen molar-refractivity contribution >= 4 is 45.8 Å². The van der Waals surface area contributed by atoms with E-state index in [-0.39, 0.29) is 22.4 Å². The van der Waals surface area contributed by atoms with Crippen molar-refractivity contribution in [2.45, 2.75) is 12.8 Å². The number of ketones is 1. The van der Waals surface area contributed by atoms with E-state index in [1.54, 1.807) is 19.1 Å². The number of nitro benzene ring substituents is 1. The maximum absolute atomic E-state index is 13.2. The molecule has 0 saturated carbocycles. The second kappa shape index (κ2) is 10.9. The predicted molar refractivity (Wildman–Crippen MR) is 127 cm³/mol. The fourth-order valence-corrected chi connectivity index (χ4v) is 3.25. The van der Waals surface area contributed by atoms with Crippen LogP contribution in [0.25, 0.3) is 11.0 Å². The van der Waals surface area contributed by atoms with Gasteiger partial charge in [-0.1, -0.05) is 0 Å². The van der Waals surface area contributed by atoms with Gasteiger partial charge in [-0.2, -0.15) is 5.10 Å². The number of hydrogen-bond acceptors (Lipinski definition) is 11. The fourth-order valence-electron chi connectivity index (χ4n) is 3.25. The van der Waals surface area contributed by atoms with Crippen molar-refractivity contribution < 1.29 is 28.8 Å². The highest BCUT2D eigenvalue weighted by Crippen LogP contribution is 2.22. The number of hydrogen-bond donors (Lipinski definition) is 3. The Kier molecular flexibility index (Phi) is 7.69. The third-order valence-electron chi connectivity index (χ3n) is 4.90. The third kappa shape index (κ3) is 5.32. The van der Waals surface area contributed by atoms with Crippen molar-refractivity contribution in [1.82, 2.24) is 9.97 Å². The molecule has 3 aromatic rings. The molecule has 1 amide bonds. The number of Topliss-reactive ketones (excluding diaryl/α,β-unsaturated/α-hetero) is 1. The van der Waals surface area contributed by atoms with Crippen LogP contribution in [0.3, 0.4) is 0 Å². The molecule has 3 rings (SSSR count). The highest BCUT2D eigenvalue weighted by atomic mass is 16.6. The van der Waals surface area contributed by atoms with Crippen LogP contribution in [0.15, 0.2) is 52.4 Å². The first-order valence-electron chi connectivity index (χ1n) is 10.3. The van der Waals surface area contributed by atoms with Crippen molar-refractivity contribution in [3.8, 4) is 5.75 Å². The van der Waals surface area contributed by atoms with Crippen molar-refractivity contribution in [3.05, 3.63) is 68.6 Å². The summed E-state index contributed by atoms with van der Waals surface area (Å²) in [5.41, 5.74) is -2.38. The van der Waals surface area contributed by atoms with Crippen LogP contribution >= 0.6 is 0 Å². The number of methoxy groups -OCH3 is 1. The first-order chi connectivity index (χ1) is 17.2. The number of non-ortho nitro benzene ring substituents is 1. The number of anilines is 1. The van der Waals surface area contributed by atoms with Gasteiger partial charge in [-0.3, -0.25) is 24.5 Å². The summed E-state index contributed by atoms with van der Waals surface area (Å²) in [7, 11) is 0.992. The first kappa shape index (κ1) is 25.5. The minimum Gasteiger partial charge on any atom is -0.494 e. The summed E-state index contributed by atoms with van der Waals surface area (Å²) in [4.78, 5) is 67.9. The molecular formula is C22H20N6O8. The SMILES string of the molecule is CCOc1ccc(NC(=O)C(=O)[C@H](/C(=N/N)C(=O)OC)c2nc3ccc([N+](=O)[O-])cc3[nH]c2=O)cc1. The summed E-state index contributed by atoms with van der Waals surface area (Å²) in [6, 6.07) is 9.53. The number of nitrogens with one attached hydrogen (secondary N) is 2. The van der Waals surface area contributed by atoms with Crippen molar-refractivity contribution in [3.63, 3.8) is 0 Å². The molecule has 1 heterocycles. The second-order valence-corrected chi connectivity index (χ2v) is 7.12. The van der Waals surface area contributed by atoms with Gasteiger partial charge in [-0.05, 0) is 37.3 Å². The molecule has 36 heavy (non-hydrogen) atoms. The van der Waals surface area contributed by atoms with Crippen LogP contribution in [0, 0.1) is 10.1 Å². The topological polar surface area (TPSA) is 209 Å². The Morgan fingerprint density at radius 3 is 2.50 bits per heavy atom. The van der Waals surface area contributed by atoms with E-state index in [1.165, 1.54) is 18.2 Å². The Morgan fingerprint density at radius 1 is 1.22 bits per heavy atom. The van der Waals surface area contributed by atoms with Crippen molar-refractivity contribution in [2.75, 3.05) is 19.0 Å². The Morgan fingerprint density at radius 2 is 1.92 bits per heavy atom. The minimum atomic E-state index is -1.94. The number of nitrogens with zero attached hydrogens (tertiary/aromatic N) is 3. The number of carbonyl (C=O) groups excluding carboxylic acids is 3. The van der Waals surface area contributed by atoms with Gasteiger partial charge in [0.15, 0.2) is 5.71 Å². The number of carbonyl (C=O) groups is 3. The first-order valence-corrected chi connectivity index (χ1v) is 10.3. The molecule has 186 valence electrons. The Balaban J connectivity index is 2.05. The zero-order valence-corrected chi connectivity index (χ0v) is 19.0. The Hall–Kier alpha value is -5.14. The van der Waals surface area contributed by atoms with E-state index in [0.29, 0.717) is 12.4 Å². The van der Waals surface area contributed by atoms with Gasteiger partial charge in [0.25, 0.3) is 17.2 Å². The van der Waals surface area contributed by atoms with Gasteiger partial charge < -0.3 is 25.6 Å². The molecule has 0 unspecified atom stereocenters. The third-order valence-corrected chi connectivity index (χ3v) is 4.90. The molecule has 0 fully saturated rings. The zero-order valence-electron chi connectivity index (χ0n) is 19.0. The van der Waals surface area contributed by atoms with Crippen LogP contribution < -0.4 is 21.5 Å². The molecule has 0 aliphatic rings. The van der Waals surface area contributed by atoms with Crippen LogP contribution in [0.5, 0.6) is 5.75 Å². The van der Waals surface area contributed by atoms with E-state index < -0.39 is 45.5 Å². The number of hydrazone groups is 1. The lowest BCUT2D eigenvalue weighted by Crippen LogP contribution is -2.40. The molecule has 0 aliphatic carbocycles. The summed E-state index contributed by atoms with van der Waals surface area (Å²) in [5.74, 6) is 0.267. The van der Waals surface area contributed by atoms with Crippen LogP contribution in [0.4, 0.5) is 11.4 Å². The number of fused-ring (bicyclic) bond motifs is 1. The van der Waals surface area contributed by atoms with Crippen molar-refractivity contribution in [1.29, 1.82) is 0 Å². The summed E-state index contributed by atoms with van der Waals surface area (Å²) in [5, 5.41) is 16.7. The molecule has 0 radical (unpaired) electrons. The van der Waals surface area contributed by atoms with Gasteiger partial charge in [-0.15, -0.1) is 0 Å². The number of esters is 1. The van der Waals surface area contributed by atoms with E-state index in [9.17, 15) is 29.3 Å². The van der Waals surface area contributed by atoms with Gasteiger partial charge in [0.2, 0.25) is 5.78 Å². The highest BCUT2D eigenvalue weighted by Gasteiger charge is 2.39. The quantitative estimate of drug-likeness (QED) is 0.0955. The van der Waals surface area contributed by atoms with E-state index in [2.05, 4.69) is 25.1 Å². The average molecular weight is 496 g/mol. The highest BCUT2D eigenvalue weighted by molar-refractivity contribution is 6.53. The molecule has 14 heteroatoms. The molecule has 0 aliphatic heterocycles. The molecule has 2 aromatic carbocycles. The van der Waals surface area contributed by atoms with Gasteiger partial charge in [0, 0.05) is 17.8 Å². The summed E-state index contributed by atoms with van der Waals surface area (Å²) >= 11 is 0. The van der Waals surface area contributed by atoms with Gasteiger partial charge in [-0.25, -0.2) is 9.78 Å². The zero-order chi connectivity index (χ0) is 26.4. The molecule has 0 saturated heterocycles. The molecule has 14 nitrogen and oxygen atoms in total.